The first-order valence-corrected chi connectivity index (χ1v) is 17.2. The Morgan fingerprint density at radius 2 is 1.29 bits per heavy atom. The average Bonchev–Trinajstić information content (AvgIpc) is 2.86. The van der Waals surface area contributed by atoms with E-state index in [9.17, 15) is 4.79 Å². The van der Waals surface area contributed by atoms with Gasteiger partial charge in [-0.15, -0.1) is 0 Å². The molecule has 0 aromatic heterocycles. The Morgan fingerprint density at radius 3 is 1.81 bits per heavy atom. The first kappa shape index (κ1) is 41.7. The Bertz CT molecular complexity index is 679. The monoisotopic (exact) mass is 639 g/mol. The van der Waals surface area contributed by atoms with Crippen LogP contribution in [-0.4, -0.2) is 45.9 Å². The fraction of sp³-hybridized carbons (Fsp3) is 0.914. The molecule has 42 heavy (non-hydrogen) atoms. The van der Waals surface area contributed by atoms with Gasteiger partial charge in [0, 0.05) is 41.4 Å². The van der Waals surface area contributed by atoms with Gasteiger partial charge in [-0.2, -0.15) is 24.3 Å². The van der Waals surface area contributed by atoms with Crippen LogP contribution in [0.3, 0.4) is 0 Å². The second kappa shape index (κ2) is 21.4. The number of hydroxylamine groups is 2. The van der Waals surface area contributed by atoms with Gasteiger partial charge in [-0.05, 0) is 68.2 Å². The SMILES string of the molecule is CCCCCCCCON1C(C)(C)C[CH-]CC1(C)C.[CH2-]CCCCCCCC(=O)OC1CC(C)(C)NC(C)(C)C1.[O]=[Co]. The van der Waals surface area contributed by atoms with E-state index in [1.165, 1.54) is 57.8 Å². The van der Waals surface area contributed by atoms with E-state index in [0.29, 0.717) is 6.42 Å². The molecule has 2 rings (SSSR count). The number of nitrogens with one attached hydrogen (secondary N) is 1. The summed E-state index contributed by atoms with van der Waals surface area (Å²) in [6.07, 6.45) is 21.7. The molecule has 253 valence electrons. The first-order valence-electron chi connectivity index (χ1n) is 16.8. The molecular formula is C35H68CoN2O4-2. The maximum atomic E-state index is 12.0. The van der Waals surface area contributed by atoms with Crippen molar-refractivity contribution in [1.82, 2.24) is 10.4 Å². The van der Waals surface area contributed by atoms with Crippen LogP contribution in [0.15, 0.2) is 0 Å². The predicted molar refractivity (Wildman–Crippen MR) is 172 cm³/mol. The maximum absolute atomic E-state index is 12.0. The van der Waals surface area contributed by atoms with Crippen LogP contribution in [0.1, 0.15) is 171 Å². The number of unbranched alkanes of at least 4 members (excludes halogenated alkanes) is 10. The van der Waals surface area contributed by atoms with E-state index in [1.807, 2.05) is 0 Å². The third-order valence-corrected chi connectivity index (χ3v) is 8.19. The number of hydrogen-bond acceptors (Lipinski definition) is 6. The van der Waals surface area contributed by atoms with Gasteiger partial charge >= 0.3 is 25.5 Å². The molecule has 7 heteroatoms. The molecule has 0 aliphatic carbocycles. The van der Waals surface area contributed by atoms with Crippen molar-refractivity contribution in [3.63, 3.8) is 0 Å². The van der Waals surface area contributed by atoms with Gasteiger partial charge in [0.25, 0.3) is 0 Å². The van der Waals surface area contributed by atoms with Crippen LogP contribution in [0, 0.1) is 13.3 Å². The van der Waals surface area contributed by atoms with E-state index in [4.69, 9.17) is 13.4 Å². The van der Waals surface area contributed by atoms with Crippen LogP contribution in [0.25, 0.3) is 0 Å². The van der Waals surface area contributed by atoms with Crippen molar-refractivity contribution in [2.75, 3.05) is 6.61 Å². The Kier molecular flexibility index (Phi) is 21.2. The summed E-state index contributed by atoms with van der Waals surface area (Å²) < 4.78 is 13.6. The number of esters is 1. The molecule has 0 unspecified atom stereocenters. The number of carbonyl (C=O) groups excluding carboxylic acids is 1. The van der Waals surface area contributed by atoms with Crippen LogP contribution in [0.2, 0.25) is 0 Å². The van der Waals surface area contributed by atoms with Gasteiger partial charge in [0.1, 0.15) is 6.10 Å². The standard InChI is InChI=1S/C18H34NO2.C17H34NO.Co.O/c1-6-7-8-9-10-11-12-16(20)21-15-13-17(2,3)19-18(4,5)14-15;1-6-7-8-9-10-11-15-19-18-16(2,3)13-12-14-17(18,4)5;;/h15,19H,1,6-14H2,2-5H3;12H,6-11,13-15H2,1-5H3;;/q2*-1;;. The van der Waals surface area contributed by atoms with Crippen LogP contribution >= 0.6 is 0 Å². The number of hydrogen-bond donors (Lipinski definition) is 1. The molecule has 2 aliphatic rings. The topological polar surface area (TPSA) is 67.9 Å². The molecule has 2 heterocycles. The zero-order valence-electron chi connectivity index (χ0n) is 29.0. The Morgan fingerprint density at radius 1 is 0.810 bits per heavy atom. The van der Waals surface area contributed by atoms with Gasteiger partial charge in [0.2, 0.25) is 0 Å². The molecule has 1 N–H and O–H groups in total. The fourth-order valence-corrected chi connectivity index (χ4v) is 6.68. The van der Waals surface area contributed by atoms with Gasteiger partial charge in [-0.25, -0.2) is 0 Å². The number of piperidine rings is 2. The van der Waals surface area contributed by atoms with Crippen molar-refractivity contribution in [1.29, 1.82) is 0 Å². The van der Waals surface area contributed by atoms with E-state index in [-0.39, 0.29) is 34.2 Å². The van der Waals surface area contributed by atoms with Gasteiger partial charge in [-0.1, -0.05) is 64.7 Å². The minimum absolute atomic E-state index is 0.0225. The zero-order valence-corrected chi connectivity index (χ0v) is 30.0. The molecule has 0 aromatic rings. The molecule has 2 aliphatic heterocycles. The number of ether oxygens (including phenoxy) is 1. The summed E-state index contributed by atoms with van der Waals surface area (Å²) in [4.78, 5) is 18.1. The van der Waals surface area contributed by atoms with Crippen LogP contribution in [0.4, 0.5) is 0 Å². The molecule has 0 atom stereocenters. The molecule has 0 saturated carbocycles. The van der Waals surface area contributed by atoms with Gasteiger partial charge in [0.15, 0.2) is 0 Å². The molecule has 2 fully saturated rings. The number of nitrogens with zero attached hydrogens (tertiary/aromatic N) is 1. The Balaban J connectivity index is 0.000000759. The predicted octanol–water partition coefficient (Wildman–Crippen LogP) is 9.42. The van der Waals surface area contributed by atoms with Crippen molar-refractivity contribution in [3.05, 3.63) is 13.3 Å². The Hall–Kier alpha value is -0.344. The molecule has 0 aromatic carbocycles. The summed E-state index contributed by atoms with van der Waals surface area (Å²) in [5.41, 5.74) is 0.315. The second-order valence-corrected chi connectivity index (χ2v) is 15.0. The normalized spacial score (nSPS) is 20.9. The zero-order chi connectivity index (χ0) is 32.3. The van der Waals surface area contributed by atoms with E-state index in [2.05, 4.69) is 102 Å². The van der Waals surface area contributed by atoms with E-state index in [0.717, 1.165) is 51.6 Å². The van der Waals surface area contributed by atoms with Gasteiger partial charge in [-0.3, -0.25) is 9.63 Å². The minimum atomic E-state index is -0.0225. The summed E-state index contributed by atoms with van der Waals surface area (Å²) in [7, 11) is 0. The molecule has 6 nitrogen and oxygen atoms in total. The average molecular weight is 640 g/mol. The number of carbonyl (C=O) groups is 1. The summed E-state index contributed by atoms with van der Waals surface area (Å²) in [5, 5.41) is 5.87. The van der Waals surface area contributed by atoms with Crippen molar-refractivity contribution in [2.45, 2.75) is 200 Å². The van der Waals surface area contributed by atoms with E-state index in [1.54, 1.807) is 0 Å². The van der Waals surface area contributed by atoms with Gasteiger partial charge in [0.05, 0.1) is 6.61 Å². The fourth-order valence-electron chi connectivity index (χ4n) is 6.68. The number of rotatable bonds is 16. The third kappa shape index (κ3) is 18.5. The summed E-state index contributed by atoms with van der Waals surface area (Å²) >= 11 is 2.31. The molecule has 0 bridgehead atoms. The first-order chi connectivity index (χ1) is 19.6. The summed E-state index contributed by atoms with van der Waals surface area (Å²) in [5.74, 6) is -0.0225. The van der Waals surface area contributed by atoms with E-state index < -0.39 is 0 Å². The third-order valence-electron chi connectivity index (χ3n) is 8.19. The summed E-state index contributed by atoms with van der Waals surface area (Å²) in [6.45, 7) is 24.8. The Labute approximate surface area is 269 Å². The van der Waals surface area contributed by atoms with E-state index >= 15 is 0 Å². The summed E-state index contributed by atoms with van der Waals surface area (Å²) in [6, 6.07) is 0. The molecular weight excluding hydrogens is 571 g/mol. The van der Waals surface area contributed by atoms with Crippen LogP contribution in [-0.2, 0) is 33.9 Å². The molecule has 0 amide bonds. The van der Waals surface area contributed by atoms with Crippen LogP contribution < -0.4 is 5.32 Å². The van der Waals surface area contributed by atoms with Crippen molar-refractivity contribution >= 4 is 5.97 Å². The van der Waals surface area contributed by atoms with Crippen molar-refractivity contribution in [3.8, 4) is 0 Å². The van der Waals surface area contributed by atoms with Crippen LogP contribution in [0.5, 0.6) is 0 Å². The molecule has 0 radical (unpaired) electrons. The van der Waals surface area contributed by atoms with Crippen molar-refractivity contribution in [2.24, 2.45) is 0 Å². The van der Waals surface area contributed by atoms with Crippen molar-refractivity contribution < 1.29 is 33.9 Å². The molecule has 0 spiro atoms. The second-order valence-electron chi connectivity index (χ2n) is 15.0. The quantitative estimate of drug-likeness (QED) is 0.103. The molecule has 2 saturated heterocycles. The van der Waals surface area contributed by atoms with Gasteiger partial charge < -0.3 is 23.4 Å².